The maximum atomic E-state index is 3.72. The van der Waals surface area contributed by atoms with Crippen molar-refractivity contribution >= 4 is 0 Å². The molecule has 1 N–H and O–H groups in total. The topological polar surface area (TPSA) is 12.0 Å². The van der Waals surface area contributed by atoms with E-state index in [2.05, 4.69) is 56.4 Å². The Hall–Kier alpha value is -0.820. The monoisotopic (exact) mass is 247 g/mol. The lowest BCUT2D eigenvalue weighted by Crippen LogP contribution is -2.36. The molecule has 2 unspecified atom stereocenters. The van der Waals surface area contributed by atoms with Crippen LogP contribution in [0.15, 0.2) is 30.3 Å². The van der Waals surface area contributed by atoms with Gasteiger partial charge in [0.25, 0.3) is 0 Å². The first-order valence-corrected chi connectivity index (χ1v) is 7.55. The van der Waals surface area contributed by atoms with E-state index < -0.39 is 0 Å². The third kappa shape index (κ3) is 5.68. The minimum atomic E-state index is 0.671. The average molecular weight is 247 g/mol. The smallest absolute Gasteiger partial charge is 0.00958 e. The molecule has 0 saturated carbocycles. The number of benzene rings is 1. The largest absolute Gasteiger partial charge is 0.314 e. The van der Waals surface area contributed by atoms with Crippen molar-refractivity contribution in [3.05, 3.63) is 35.9 Å². The summed E-state index contributed by atoms with van der Waals surface area (Å²) in [5.74, 6) is 0.783. The molecule has 1 rings (SSSR count). The highest BCUT2D eigenvalue weighted by Gasteiger charge is 2.15. The minimum Gasteiger partial charge on any atom is -0.314 e. The van der Waals surface area contributed by atoms with Crippen molar-refractivity contribution in [1.29, 1.82) is 0 Å². The SMILES string of the molecule is CCCNC(CCc1ccccc1)C(C)CCC. The van der Waals surface area contributed by atoms with Gasteiger partial charge in [-0.25, -0.2) is 0 Å². The van der Waals surface area contributed by atoms with Crippen LogP contribution in [0.4, 0.5) is 0 Å². The summed E-state index contributed by atoms with van der Waals surface area (Å²) in [6.07, 6.45) is 6.29. The molecule has 2 atom stereocenters. The Morgan fingerprint density at radius 2 is 1.72 bits per heavy atom. The van der Waals surface area contributed by atoms with Gasteiger partial charge in [0.1, 0.15) is 0 Å². The Morgan fingerprint density at radius 1 is 1.00 bits per heavy atom. The zero-order valence-corrected chi connectivity index (χ0v) is 12.3. The van der Waals surface area contributed by atoms with Crippen LogP contribution >= 0.6 is 0 Å². The second-order valence-corrected chi connectivity index (χ2v) is 5.35. The Balaban J connectivity index is 2.44. The quantitative estimate of drug-likeness (QED) is 0.681. The molecule has 0 spiro atoms. The van der Waals surface area contributed by atoms with Gasteiger partial charge in [-0.15, -0.1) is 0 Å². The van der Waals surface area contributed by atoms with Gasteiger partial charge in [0.15, 0.2) is 0 Å². The third-order valence-corrected chi connectivity index (χ3v) is 3.67. The number of aryl methyl sites for hydroxylation is 1. The molecule has 0 aromatic heterocycles. The van der Waals surface area contributed by atoms with Gasteiger partial charge in [0.05, 0.1) is 0 Å². The van der Waals surface area contributed by atoms with Gasteiger partial charge < -0.3 is 5.32 Å². The van der Waals surface area contributed by atoms with Crippen molar-refractivity contribution in [3.63, 3.8) is 0 Å². The van der Waals surface area contributed by atoms with Gasteiger partial charge in [-0.3, -0.25) is 0 Å². The summed E-state index contributed by atoms with van der Waals surface area (Å²) >= 11 is 0. The minimum absolute atomic E-state index is 0.671. The number of hydrogen-bond acceptors (Lipinski definition) is 1. The third-order valence-electron chi connectivity index (χ3n) is 3.67. The second kappa shape index (κ2) is 9.16. The van der Waals surface area contributed by atoms with Crippen LogP contribution in [-0.2, 0) is 6.42 Å². The van der Waals surface area contributed by atoms with Crippen molar-refractivity contribution in [2.75, 3.05) is 6.54 Å². The summed E-state index contributed by atoms with van der Waals surface area (Å²) in [7, 11) is 0. The van der Waals surface area contributed by atoms with Crippen LogP contribution in [0.3, 0.4) is 0 Å². The molecular weight excluding hydrogens is 218 g/mol. The van der Waals surface area contributed by atoms with Gasteiger partial charge in [-0.2, -0.15) is 0 Å². The highest BCUT2D eigenvalue weighted by Crippen LogP contribution is 2.16. The van der Waals surface area contributed by atoms with Crippen molar-refractivity contribution in [2.24, 2.45) is 5.92 Å². The molecule has 0 aliphatic carbocycles. The number of hydrogen-bond donors (Lipinski definition) is 1. The predicted octanol–water partition coefficient (Wildman–Crippen LogP) is 4.42. The summed E-state index contributed by atoms with van der Waals surface area (Å²) < 4.78 is 0. The Kier molecular flexibility index (Phi) is 7.75. The first kappa shape index (κ1) is 15.2. The van der Waals surface area contributed by atoms with E-state index in [-0.39, 0.29) is 0 Å². The van der Waals surface area contributed by atoms with Crippen LogP contribution in [-0.4, -0.2) is 12.6 Å². The summed E-state index contributed by atoms with van der Waals surface area (Å²) in [6.45, 7) is 8.06. The van der Waals surface area contributed by atoms with Gasteiger partial charge >= 0.3 is 0 Å². The van der Waals surface area contributed by atoms with Crippen LogP contribution < -0.4 is 5.32 Å². The fourth-order valence-corrected chi connectivity index (χ4v) is 2.54. The van der Waals surface area contributed by atoms with Crippen molar-refractivity contribution < 1.29 is 0 Å². The molecule has 0 saturated heterocycles. The molecule has 1 nitrogen and oxygen atoms in total. The molecule has 18 heavy (non-hydrogen) atoms. The average Bonchev–Trinajstić information content (AvgIpc) is 2.40. The van der Waals surface area contributed by atoms with Crippen molar-refractivity contribution in [3.8, 4) is 0 Å². The molecule has 0 heterocycles. The Labute approximate surface area is 113 Å². The lowest BCUT2D eigenvalue weighted by atomic mass is 9.91. The lowest BCUT2D eigenvalue weighted by molar-refractivity contribution is 0.337. The Bertz CT molecular complexity index is 294. The number of rotatable bonds is 9. The second-order valence-electron chi connectivity index (χ2n) is 5.35. The fraction of sp³-hybridized carbons (Fsp3) is 0.647. The van der Waals surface area contributed by atoms with E-state index in [1.54, 1.807) is 0 Å². The summed E-state index contributed by atoms with van der Waals surface area (Å²) in [5.41, 5.74) is 1.46. The molecule has 0 amide bonds. The molecule has 102 valence electrons. The molecule has 0 aliphatic heterocycles. The van der Waals surface area contributed by atoms with Crippen LogP contribution in [0.2, 0.25) is 0 Å². The van der Waals surface area contributed by atoms with Crippen molar-refractivity contribution in [2.45, 2.75) is 58.9 Å². The summed E-state index contributed by atoms with van der Waals surface area (Å²) in [6, 6.07) is 11.5. The Morgan fingerprint density at radius 3 is 2.33 bits per heavy atom. The van der Waals surface area contributed by atoms with E-state index in [4.69, 9.17) is 0 Å². The van der Waals surface area contributed by atoms with E-state index in [0.717, 1.165) is 12.5 Å². The molecule has 0 bridgehead atoms. The van der Waals surface area contributed by atoms with Crippen LogP contribution in [0.25, 0.3) is 0 Å². The van der Waals surface area contributed by atoms with Gasteiger partial charge in [-0.1, -0.05) is 57.5 Å². The standard InChI is InChI=1S/C17H29N/c1-4-9-15(3)17(18-14-5-2)13-12-16-10-7-6-8-11-16/h6-8,10-11,15,17-18H,4-5,9,12-14H2,1-3H3. The lowest BCUT2D eigenvalue weighted by Gasteiger charge is -2.25. The zero-order chi connectivity index (χ0) is 13.2. The van der Waals surface area contributed by atoms with Crippen LogP contribution in [0.1, 0.15) is 52.0 Å². The maximum absolute atomic E-state index is 3.72. The van der Waals surface area contributed by atoms with Gasteiger partial charge in [0.2, 0.25) is 0 Å². The summed E-state index contributed by atoms with van der Waals surface area (Å²) in [4.78, 5) is 0. The van der Waals surface area contributed by atoms with Crippen LogP contribution in [0.5, 0.6) is 0 Å². The first-order valence-electron chi connectivity index (χ1n) is 7.55. The molecule has 0 fully saturated rings. The maximum Gasteiger partial charge on any atom is 0.00958 e. The zero-order valence-electron chi connectivity index (χ0n) is 12.3. The highest BCUT2D eigenvalue weighted by molar-refractivity contribution is 5.14. The van der Waals surface area contributed by atoms with Crippen molar-refractivity contribution in [1.82, 2.24) is 5.32 Å². The molecule has 1 heteroatoms. The molecule has 0 aliphatic rings. The van der Waals surface area contributed by atoms with Gasteiger partial charge in [-0.05, 0) is 43.7 Å². The summed E-state index contributed by atoms with van der Waals surface area (Å²) in [5, 5.41) is 3.72. The molecule has 1 aromatic carbocycles. The van der Waals surface area contributed by atoms with E-state index >= 15 is 0 Å². The van der Waals surface area contributed by atoms with E-state index in [0.29, 0.717) is 6.04 Å². The fourth-order valence-electron chi connectivity index (χ4n) is 2.54. The highest BCUT2D eigenvalue weighted by atomic mass is 14.9. The first-order chi connectivity index (χ1) is 8.77. The van der Waals surface area contributed by atoms with Gasteiger partial charge in [0, 0.05) is 6.04 Å². The van der Waals surface area contributed by atoms with E-state index in [1.807, 2.05) is 0 Å². The molecular formula is C17H29N. The number of nitrogens with one attached hydrogen (secondary N) is 1. The molecule has 1 aromatic rings. The normalized spacial score (nSPS) is 14.4. The van der Waals surface area contributed by atoms with E-state index in [1.165, 1.54) is 37.7 Å². The molecule has 0 radical (unpaired) electrons. The van der Waals surface area contributed by atoms with Crippen LogP contribution in [0, 0.1) is 5.92 Å². The predicted molar refractivity (Wildman–Crippen MR) is 80.9 cm³/mol. The van der Waals surface area contributed by atoms with E-state index in [9.17, 15) is 0 Å².